The second kappa shape index (κ2) is 4.24. The number of nitrogens with zero attached hydrogens (tertiary/aromatic N) is 1. The standard InChI is InChI=1S/C14H17NO2/c1-9(2)15-8-10(3)13-11(14(15)16)6-5-7-12(13)17-4/h5-9H,1-4H3. The Balaban J connectivity index is 2.92. The maximum Gasteiger partial charge on any atom is 0.258 e. The van der Waals surface area contributed by atoms with E-state index in [2.05, 4.69) is 0 Å². The molecule has 0 amide bonds. The predicted molar refractivity (Wildman–Crippen MR) is 69.9 cm³/mol. The molecule has 2 aromatic rings. The molecule has 17 heavy (non-hydrogen) atoms. The molecule has 90 valence electrons. The fourth-order valence-electron chi connectivity index (χ4n) is 2.14. The number of aromatic nitrogens is 1. The SMILES string of the molecule is COc1cccc2c(=O)n(C(C)C)cc(C)c12. The molecule has 1 heterocycles. The summed E-state index contributed by atoms with van der Waals surface area (Å²) in [4.78, 5) is 12.3. The predicted octanol–water partition coefficient (Wildman–Crippen LogP) is 2.90. The highest BCUT2D eigenvalue weighted by Gasteiger charge is 2.11. The van der Waals surface area contributed by atoms with Crippen LogP contribution >= 0.6 is 0 Å². The summed E-state index contributed by atoms with van der Waals surface area (Å²) in [5.74, 6) is 0.757. The van der Waals surface area contributed by atoms with Crippen molar-refractivity contribution in [1.29, 1.82) is 0 Å². The van der Waals surface area contributed by atoms with Crippen molar-refractivity contribution in [3.63, 3.8) is 0 Å². The van der Waals surface area contributed by atoms with Gasteiger partial charge in [0.2, 0.25) is 0 Å². The van der Waals surface area contributed by atoms with Gasteiger partial charge in [-0.15, -0.1) is 0 Å². The fourth-order valence-corrected chi connectivity index (χ4v) is 2.14. The number of methoxy groups -OCH3 is 1. The molecule has 2 rings (SSSR count). The number of aryl methyl sites for hydroxylation is 1. The van der Waals surface area contributed by atoms with E-state index in [9.17, 15) is 4.79 Å². The van der Waals surface area contributed by atoms with Crippen LogP contribution in [-0.4, -0.2) is 11.7 Å². The summed E-state index contributed by atoms with van der Waals surface area (Å²) in [6.45, 7) is 6.02. The number of hydrogen-bond acceptors (Lipinski definition) is 2. The first kappa shape index (κ1) is 11.7. The van der Waals surface area contributed by atoms with Crippen molar-refractivity contribution in [2.24, 2.45) is 0 Å². The molecule has 0 atom stereocenters. The van der Waals surface area contributed by atoms with Crippen LogP contribution in [0.5, 0.6) is 5.75 Å². The summed E-state index contributed by atoms with van der Waals surface area (Å²) in [7, 11) is 1.63. The number of pyridine rings is 1. The van der Waals surface area contributed by atoms with Gasteiger partial charge in [0.15, 0.2) is 0 Å². The Morgan fingerprint density at radius 3 is 2.59 bits per heavy atom. The van der Waals surface area contributed by atoms with Gasteiger partial charge in [0.05, 0.1) is 12.5 Å². The van der Waals surface area contributed by atoms with Gasteiger partial charge in [0, 0.05) is 17.6 Å². The molecule has 0 spiro atoms. The Hall–Kier alpha value is -1.77. The van der Waals surface area contributed by atoms with E-state index in [1.165, 1.54) is 0 Å². The lowest BCUT2D eigenvalue weighted by Crippen LogP contribution is -2.22. The molecule has 0 aliphatic heterocycles. The van der Waals surface area contributed by atoms with Crippen molar-refractivity contribution in [2.75, 3.05) is 7.11 Å². The van der Waals surface area contributed by atoms with Crippen molar-refractivity contribution in [3.8, 4) is 5.75 Å². The third kappa shape index (κ3) is 1.82. The number of benzene rings is 1. The van der Waals surface area contributed by atoms with Gasteiger partial charge < -0.3 is 9.30 Å². The Morgan fingerprint density at radius 1 is 1.29 bits per heavy atom. The van der Waals surface area contributed by atoms with Gasteiger partial charge in [0.25, 0.3) is 5.56 Å². The van der Waals surface area contributed by atoms with Crippen LogP contribution < -0.4 is 10.3 Å². The van der Waals surface area contributed by atoms with E-state index in [1.807, 2.05) is 45.2 Å². The molecule has 1 aromatic carbocycles. The van der Waals surface area contributed by atoms with Crippen LogP contribution in [0.1, 0.15) is 25.5 Å². The first-order chi connectivity index (χ1) is 8.06. The minimum absolute atomic E-state index is 0.0412. The molecule has 0 radical (unpaired) electrons. The van der Waals surface area contributed by atoms with Crippen molar-refractivity contribution in [2.45, 2.75) is 26.8 Å². The van der Waals surface area contributed by atoms with Crippen LogP contribution in [0.4, 0.5) is 0 Å². The quantitative estimate of drug-likeness (QED) is 0.795. The average Bonchev–Trinajstić information content (AvgIpc) is 2.32. The second-order valence-corrected chi connectivity index (χ2v) is 4.50. The summed E-state index contributed by atoms with van der Waals surface area (Å²) in [6, 6.07) is 5.75. The van der Waals surface area contributed by atoms with E-state index in [1.54, 1.807) is 11.7 Å². The number of rotatable bonds is 2. The van der Waals surface area contributed by atoms with Crippen LogP contribution in [0.25, 0.3) is 10.8 Å². The minimum atomic E-state index is 0.0412. The highest BCUT2D eigenvalue weighted by molar-refractivity contribution is 5.90. The van der Waals surface area contributed by atoms with E-state index in [4.69, 9.17) is 4.74 Å². The topological polar surface area (TPSA) is 31.2 Å². The Labute approximate surface area is 101 Å². The third-order valence-electron chi connectivity index (χ3n) is 2.99. The number of fused-ring (bicyclic) bond motifs is 1. The lowest BCUT2D eigenvalue weighted by atomic mass is 10.1. The zero-order chi connectivity index (χ0) is 12.6. The van der Waals surface area contributed by atoms with E-state index in [-0.39, 0.29) is 11.6 Å². The van der Waals surface area contributed by atoms with Crippen LogP contribution in [-0.2, 0) is 0 Å². The highest BCUT2D eigenvalue weighted by atomic mass is 16.5. The van der Waals surface area contributed by atoms with Crippen LogP contribution in [0, 0.1) is 6.92 Å². The smallest absolute Gasteiger partial charge is 0.258 e. The number of hydrogen-bond donors (Lipinski definition) is 0. The minimum Gasteiger partial charge on any atom is -0.496 e. The van der Waals surface area contributed by atoms with E-state index < -0.39 is 0 Å². The molecule has 0 bridgehead atoms. The molecular weight excluding hydrogens is 214 g/mol. The van der Waals surface area contributed by atoms with Crippen molar-refractivity contribution < 1.29 is 4.74 Å². The summed E-state index contributed by atoms with van der Waals surface area (Å²) >= 11 is 0. The summed E-state index contributed by atoms with van der Waals surface area (Å²) in [6.07, 6.45) is 1.90. The first-order valence-corrected chi connectivity index (χ1v) is 5.74. The van der Waals surface area contributed by atoms with Gasteiger partial charge in [-0.05, 0) is 38.5 Å². The van der Waals surface area contributed by atoms with Crippen molar-refractivity contribution in [3.05, 3.63) is 40.3 Å². The maximum absolute atomic E-state index is 12.3. The maximum atomic E-state index is 12.3. The monoisotopic (exact) mass is 231 g/mol. The molecule has 0 saturated heterocycles. The second-order valence-electron chi connectivity index (χ2n) is 4.50. The molecule has 3 heteroatoms. The first-order valence-electron chi connectivity index (χ1n) is 5.74. The molecule has 1 aromatic heterocycles. The van der Waals surface area contributed by atoms with Gasteiger partial charge in [-0.3, -0.25) is 4.79 Å². The summed E-state index contributed by atoms with van der Waals surface area (Å²) in [5.41, 5.74) is 1.10. The lowest BCUT2D eigenvalue weighted by Gasteiger charge is -2.14. The lowest BCUT2D eigenvalue weighted by molar-refractivity contribution is 0.419. The van der Waals surface area contributed by atoms with Gasteiger partial charge >= 0.3 is 0 Å². The molecule has 0 N–H and O–H groups in total. The molecule has 3 nitrogen and oxygen atoms in total. The van der Waals surface area contributed by atoms with Crippen LogP contribution in [0.15, 0.2) is 29.2 Å². The van der Waals surface area contributed by atoms with E-state index >= 15 is 0 Å². The van der Waals surface area contributed by atoms with Crippen LogP contribution in [0.3, 0.4) is 0 Å². The van der Waals surface area contributed by atoms with E-state index in [0.29, 0.717) is 0 Å². The normalized spacial score (nSPS) is 11.1. The van der Waals surface area contributed by atoms with Gasteiger partial charge in [0.1, 0.15) is 5.75 Å². The largest absolute Gasteiger partial charge is 0.496 e. The zero-order valence-corrected chi connectivity index (χ0v) is 10.7. The Bertz CT molecular complexity index is 611. The number of ether oxygens (including phenoxy) is 1. The summed E-state index contributed by atoms with van der Waals surface area (Å²) in [5, 5.41) is 1.63. The molecule has 0 saturated carbocycles. The van der Waals surface area contributed by atoms with E-state index in [0.717, 1.165) is 22.1 Å². The Kier molecular flexibility index (Phi) is 2.92. The molecule has 0 fully saturated rings. The molecular formula is C14H17NO2. The molecule has 0 aliphatic rings. The third-order valence-corrected chi connectivity index (χ3v) is 2.99. The van der Waals surface area contributed by atoms with Gasteiger partial charge in [-0.1, -0.05) is 6.07 Å². The van der Waals surface area contributed by atoms with Gasteiger partial charge in [-0.2, -0.15) is 0 Å². The van der Waals surface area contributed by atoms with Crippen LogP contribution in [0.2, 0.25) is 0 Å². The Morgan fingerprint density at radius 2 is 2.00 bits per heavy atom. The highest BCUT2D eigenvalue weighted by Crippen LogP contribution is 2.26. The summed E-state index contributed by atoms with van der Waals surface area (Å²) < 4.78 is 7.08. The zero-order valence-electron chi connectivity index (χ0n) is 10.7. The van der Waals surface area contributed by atoms with Crippen molar-refractivity contribution >= 4 is 10.8 Å². The fraction of sp³-hybridized carbons (Fsp3) is 0.357. The average molecular weight is 231 g/mol. The molecule has 0 unspecified atom stereocenters. The molecule has 0 aliphatic carbocycles. The van der Waals surface area contributed by atoms with Gasteiger partial charge in [-0.25, -0.2) is 0 Å². The van der Waals surface area contributed by atoms with Crippen molar-refractivity contribution in [1.82, 2.24) is 4.57 Å².